The molecule has 0 saturated heterocycles. The Kier molecular flexibility index (Phi) is 3.16. The summed E-state index contributed by atoms with van der Waals surface area (Å²) >= 11 is 0. The first kappa shape index (κ1) is 10.0. The van der Waals surface area contributed by atoms with Gasteiger partial charge in [-0.15, -0.1) is 0 Å². The highest BCUT2D eigenvalue weighted by Gasteiger charge is 2.30. The topological polar surface area (TPSA) is 12.0 Å². The van der Waals surface area contributed by atoms with Crippen LogP contribution < -0.4 is 5.32 Å². The number of nitrogens with one attached hydrogen (secondary N) is 1. The van der Waals surface area contributed by atoms with Gasteiger partial charge in [0.05, 0.1) is 0 Å². The van der Waals surface area contributed by atoms with Crippen LogP contribution in [0.5, 0.6) is 0 Å². The summed E-state index contributed by atoms with van der Waals surface area (Å²) in [4.78, 5) is 0. The van der Waals surface area contributed by atoms with E-state index in [2.05, 4.69) is 33.0 Å². The molecule has 1 nitrogen and oxygen atoms in total. The summed E-state index contributed by atoms with van der Waals surface area (Å²) in [6, 6.07) is 1.49. The van der Waals surface area contributed by atoms with Crippen LogP contribution in [0.1, 0.15) is 53.4 Å². The third-order valence-corrected chi connectivity index (χ3v) is 3.10. The van der Waals surface area contributed by atoms with E-state index < -0.39 is 0 Å². The summed E-state index contributed by atoms with van der Waals surface area (Å²) in [6.45, 7) is 9.29. The Morgan fingerprint density at radius 2 is 2.17 bits per heavy atom. The average Bonchev–Trinajstić information content (AvgIpc) is 2.30. The maximum atomic E-state index is 3.68. The van der Waals surface area contributed by atoms with Crippen molar-refractivity contribution in [1.29, 1.82) is 0 Å². The molecule has 2 unspecified atom stereocenters. The zero-order valence-corrected chi connectivity index (χ0v) is 8.98. The highest BCUT2D eigenvalue weighted by Crippen LogP contribution is 2.37. The second kappa shape index (κ2) is 3.78. The van der Waals surface area contributed by atoms with Gasteiger partial charge in [0.15, 0.2) is 0 Å². The fraction of sp³-hybridized carbons (Fsp3) is 1.00. The van der Waals surface area contributed by atoms with E-state index >= 15 is 0 Å². The zero-order valence-electron chi connectivity index (χ0n) is 8.98. The molecular formula is C11H23N. The van der Waals surface area contributed by atoms with Crippen molar-refractivity contribution in [2.75, 3.05) is 0 Å². The lowest BCUT2D eigenvalue weighted by Gasteiger charge is -2.20. The first-order valence-electron chi connectivity index (χ1n) is 5.29. The van der Waals surface area contributed by atoms with Gasteiger partial charge >= 0.3 is 0 Å². The molecular weight excluding hydrogens is 146 g/mol. The van der Waals surface area contributed by atoms with Gasteiger partial charge in [-0.1, -0.05) is 20.8 Å². The van der Waals surface area contributed by atoms with Gasteiger partial charge in [-0.3, -0.25) is 0 Å². The molecule has 72 valence electrons. The molecule has 1 heteroatoms. The lowest BCUT2D eigenvalue weighted by atomic mass is 9.92. The SMILES string of the molecule is CCC(C)NC1CCC(C)(C)C1. The van der Waals surface area contributed by atoms with Crippen LogP contribution in [0.25, 0.3) is 0 Å². The highest BCUT2D eigenvalue weighted by atomic mass is 14.9. The molecule has 2 atom stereocenters. The second-order valence-corrected chi connectivity index (χ2v) is 5.08. The first-order chi connectivity index (χ1) is 5.53. The second-order valence-electron chi connectivity index (χ2n) is 5.08. The molecule has 1 aliphatic carbocycles. The molecule has 0 aliphatic heterocycles. The van der Waals surface area contributed by atoms with Crippen molar-refractivity contribution in [2.45, 2.75) is 65.5 Å². The van der Waals surface area contributed by atoms with Crippen LogP contribution in [0, 0.1) is 5.41 Å². The van der Waals surface area contributed by atoms with Crippen LogP contribution in [0.3, 0.4) is 0 Å². The molecule has 0 radical (unpaired) electrons. The molecule has 1 fully saturated rings. The van der Waals surface area contributed by atoms with E-state index in [9.17, 15) is 0 Å². The summed E-state index contributed by atoms with van der Waals surface area (Å²) < 4.78 is 0. The van der Waals surface area contributed by atoms with E-state index in [-0.39, 0.29) is 0 Å². The van der Waals surface area contributed by atoms with E-state index in [4.69, 9.17) is 0 Å². The minimum atomic E-state index is 0.588. The summed E-state index contributed by atoms with van der Waals surface area (Å²) in [6.07, 6.45) is 5.37. The van der Waals surface area contributed by atoms with Crippen molar-refractivity contribution >= 4 is 0 Å². The molecule has 1 saturated carbocycles. The summed E-state index contributed by atoms with van der Waals surface area (Å²) in [7, 11) is 0. The van der Waals surface area contributed by atoms with Gasteiger partial charge < -0.3 is 5.32 Å². The van der Waals surface area contributed by atoms with Crippen LogP contribution in [0.4, 0.5) is 0 Å². The van der Waals surface area contributed by atoms with E-state index in [1.165, 1.54) is 25.7 Å². The van der Waals surface area contributed by atoms with Crippen molar-refractivity contribution in [3.63, 3.8) is 0 Å². The first-order valence-corrected chi connectivity index (χ1v) is 5.29. The van der Waals surface area contributed by atoms with E-state index in [0.717, 1.165) is 6.04 Å². The standard InChI is InChI=1S/C11H23N/c1-5-9(2)12-10-6-7-11(3,4)8-10/h9-10,12H,5-8H2,1-4H3. The molecule has 0 aromatic rings. The Balaban J connectivity index is 2.28. The lowest BCUT2D eigenvalue weighted by molar-refractivity contribution is 0.353. The number of rotatable bonds is 3. The van der Waals surface area contributed by atoms with E-state index in [0.29, 0.717) is 11.5 Å². The third-order valence-electron chi connectivity index (χ3n) is 3.10. The van der Waals surface area contributed by atoms with E-state index in [1.807, 2.05) is 0 Å². The Morgan fingerprint density at radius 3 is 2.58 bits per heavy atom. The van der Waals surface area contributed by atoms with Gasteiger partial charge in [0.2, 0.25) is 0 Å². The zero-order chi connectivity index (χ0) is 9.19. The van der Waals surface area contributed by atoms with Crippen molar-refractivity contribution in [2.24, 2.45) is 5.41 Å². The van der Waals surface area contributed by atoms with Gasteiger partial charge in [-0.25, -0.2) is 0 Å². The molecule has 1 rings (SSSR count). The largest absolute Gasteiger partial charge is 0.311 e. The fourth-order valence-corrected chi connectivity index (χ4v) is 2.10. The maximum absolute atomic E-state index is 3.68. The Labute approximate surface area is 76.9 Å². The molecule has 0 aromatic carbocycles. The highest BCUT2D eigenvalue weighted by molar-refractivity contribution is 4.87. The van der Waals surface area contributed by atoms with Gasteiger partial charge in [0.1, 0.15) is 0 Å². The molecule has 12 heavy (non-hydrogen) atoms. The summed E-state index contributed by atoms with van der Waals surface area (Å²) in [5.41, 5.74) is 0.588. The molecule has 0 bridgehead atoms. The van der Waals surface area contributed by atoms with Gasteiger partial charge in [0.25, 0.3) is 0 Å². The van der Waals surface area contributed by atoms with Crippen molar-refractivity contribution in [1.82, 2.24) is 5.32 Å². The van der Waals surface area contributed by atoms with Crippen LogP contribution in [0.15, 0.2) is 0 Å². The fourth-order valence-electron chi connectivity index (χ4n) is 2.10. The molecule has 1 N–H and O–H groups in total. The van der Waals surface area contributed by atoms with Gasteiger partial charge in [-0.05, 0) is 38.0 Å². The van der Waals surface area contributed by atoms with Crippen molar-refractivity contribution < 1.29 is 0 Å². The predicted octanol–water partition coefficient (Wildman–Crippen LogP) is 2.95. The van der Waals surface area contributed by atoms with Gasteiger partial charge in [-0.2, -0.15) is 0 Å². The average molecular weight is 169 g/mol. The van der Waals surface area contributed by atoms with Crippen LogP contribution in [0.2, 0.25) is 0 Å². The molecule has 1 aliphatic rings. The third kappa shape index (κ3) is 2.78. The van der Waals surface area contributed by atoms with Crippen molar-refractivity contribution in [3.05, 3.63) is 0 Å². The number of hydrogen-bond acceptors (Lipinski definition) is 1. The van der Waals surface area contributed by atoms with E-state index in [1.54, 1.807) is 0 Å². The van der Waals surface area contributed by atoms with Crippen LogP contribution >= 0.6 is 0 Å². The number of hydrogen-bond donors (Lipinski definition) is 1. The molecule has 0 heterocycles. The minimum absolute atomic E-state index is 0.588. The minimum Gasteiger partial charge on any atom is -0.311 e. The predicted molar refractivity (Wildman–Crippen MR) is 54.3 cm³/mol. The maximum Gasteiger partial charge on any atom is 0.00748 e. The smallest absolute Gasteiger partial charge is 0.00748 e. The Bertz CT molecular complexity index is 140. The van der Waals surface area contributed by atoms with Crippen molar-refractivity contribution in [3.8, 4) is 0 Å². The quantitative estimate of drug-likeness (QED) is 0.685. The summed E-state index contributed by atoms with van der Waals surface area (Å²) in [5.74, 6) is 0. The van der Waals surface area contributed by atoms with Gasteiger partial charge in [0, 0.05) is 12.1 Å². The monoisotopic (exact) mass is 169 g/mol. The molecule has 0 aromatic heterocycles. The van der Waals surface area contributed by atoms with Crippen LogP contribution in [-0.2, 0) is 0 Å². The normalized spacial score (nSPS) is 30.5. The summed E-state index contributed by atoms with van der Waals surface area (Å²) in [5, 5.41) is 3.68. The Morgan fingerprint density at radius 1 is 1.50 bits per heavy atom. The van der Waals surface area contributed by atoms with Crippen LogP contribution in [-0.4, -0.2) is 12.1 Å². The molecule has 0 spiro atoms. The Hall–Kier alpha value is -0.0400. The molecule has 0 amide bonds. The lowest BCUT2D eigenvalue weighted by Crippen LogP contribution is -2.34.